The van der Waals surface area contributed by atoms with Crippen molar-refractivity contribution < 1.29 is 4.39 Å². The van der Waals surface area contributed by atoms with Crippen molar-refractivity contribution in [3.05, 3.63) is 81.7 Å². The number of aryl methyl sites for hydroxylation is 1. The minimum atomic E-state index is -0.199. The van der Waals surface area contributed by atoms with Gasteiger partial charge in [-0.3, -0.25) is 0 Å². The summed E-state index contributed by atoms with van der Waals surface area (Å²) in [6.45, 7) is 7.89. The summed E-state index contributed by atoms with van der Waals surface area (Å²) in [6, 6.07) is 15.1. The van der Waals surface area contributed by atoms with E-state index in [1.165, 1.54) is 17.2 Å². The number of hydrogen-bond acceptors (Lipinski definition) is 4. The van der Waals surface area contributed by atoms with E-state index in [9.17, 15) is 4.39 Å². The maximum Gasteiger partial charge on any atom is 0.229 e. The van der Waals surface area contributed by atoms with E-state index in [-0.39, 0.29) is 5.82 Å². The first-order chi connectivity index (χ1) is 14.9. The van der Waals surface area contributed by atoms with Gasteiger partial charge in [0.25, 0.3) is 0 Å². The Morgan fingerprint density at radius 3 is 2.61 bits per heavy atom. The summed E-state index contributed by atoms with van der Waals surface area (Å²) in [5.74, 6) is 1.74. The molecule has 0 radical (unpaired) electrons. The van der Waals surface area contributed by atoms with Crippen LogP contribution in [0.15, 0.2) is 59.1 Å². The van der Waals surface area contributed by atoms with Crippen molar-refractivity contribution in [2.24, 2.45) is 0 Å². The molecule has 1 aliphatic rings. The van der Waals surface area contributed by atoms with Gasteiger partial charge in [0, 0.05) is 29.3 Å². The van der Waals surface area contributed by atoms with Crippen LogP contribution in [0.4, 0.5) is 21.8 Å². The Hall–Kier alpha value is -2.73. The first-order valence-electron chi connectivity index (χ1n) is 10.5. The van der Waals surface area contributed by atoms with Gasteiger partial charge in [-0.05, 0) is 76.2 Å². The largest absolute Gasteiger partial charge is 0.352 e. The van der Waals surface area contributed by atoms with Crippen molar-refractivity contribution in [3.63, 3.8) is 0 Å². The number of halogens is 2. The van der Waals surface area contributed by atoms with Crippen LogP contribution in [0.5, 0.6) is 0 Å². The lowest BCUT2D eigenvalue weighted by Gasteiger charge is -2.28. The van der Waals surface area contributed by atoms with Gasteiger partial charge in [0.1, 0.15) is 11.6 Å². The van der Waals surface area contributed by atoms with Gasteiger partial charge in [-0.1, -0.05) is 38.1 Å². The Labute approximate surface area is 191 Å². The summed E-state index contributed by atoms with van der Waals surface area (Å²) in [7, 11) is 0. The van der Waals surface area contributed by atoms with Crippen LogP contribution in [0, 0.1) is 12.7 Å². The fraction of sp³-hybridized carbons (Fsp3) is 0.280. The highest BCUT2D eigenvalue weighted by atomic mass is 79.9. The third-order valence-electron chi connectivity index (χ3n) is 5.48. The zero-order valence-corrected chi connectivity index (χ0v) is 19.6. The van der Waals surface area contributed by atoms with E-state index in [1.54, 1.807) is 12.1 Å². The van der Waals surface area contributed by atoms with Crippen molar-refractivity contribution in [3.8, 4) is 0 Å². The fourth-order valence-corrected chi connectivity index (χ4v) is 4.21. The minimum absolute atomic E-state index is 0.199. The second-order valence-electron chi connectivity index (χ2n) is 8.15. The summed E-state index contributed by atoms with van der Waals surface area (Å²) in [5.41, 5.74) is 5.25. The van der Waals surface area contributed by atoms with Crippen LogP contribution in [-0.2, 0) is 0 Å². The van der Waals surface area contributed by atoms with Crippen molar-refractivity contribution in [1.82, 2.24) is 9.97 Å². The first kappa shape index (κ1) is 21.5. The van der Waals surface area contributed by atoms with E-state index in [4.69, 9.17) is 4.98 Å². The van der Waals surface area contributed by atoms with Gasteiger partial charge in [0.05, 0.1) is 5.69 Å². The third-order valence-corrected chi connectivity index (χ3v) is 6.13. The standard InChI is InChI=1S/C25H26BrFN4/c1-16(2)19-7-8-23(22(26)15-19)29-25-28-17(3)13-24(30-25)31-11-9-18(10-12-31)20-5-4-6-21(27)14-20/h4-9,13-16H,10-12H2,1-3H3,(H,28,29,30). The zero-order chi connectivity index (χ0) is 22.0. The van der Waals surface area contributed by atoms with Gasteiger partial charge in [0.2, 0.25) is 5.95 Å². The molecule has 0 bridgehead atoms. The molecule has 0 amide bonds. The van der Waals surface area contributed by atoms with E-state index >= 15 is 0 Å². The lowest BCUT2D eigenvalue weighted by molar-refractivity contribution is 0.627. The Morgan fingerprint density at radius 1 is 1.10 bits per heavy atom. The number of hydrogen-bond donors (Lipinski definition) is 1. The highest BCUT2D eigenvalue weighted by Crippen LogP contribution is 2.30. The van der Waals surface area contributed by atoms with E-state index in [1.807, 2.05) is 19.1 Å². The molecule has 1 N–H and O–H groups in total. The average molecular weight is 481 g/mol. The number of rotatable bonds is 5. The molecule has 0 spiro atoms. The van der Waals surface area contributed by atoms with Crippen molar-refractivity contribution >= 4 is 39.0 Å². The number of benzene rings is 2. The molecule has 1 aliphatic heterocycles. The van der Waals surface area contributed by atoms with Crippen LogP contribution >= 0.6 is 15.9 Å². The van der Waals surface area contributed by atoms with Crippen molar-refractivity contribution in [2.75, 3.05) is 23.3 Å². The maximum atomic E-state index is 13.6. The van der Waals surface area contributed by atoms with Gasteiger partial charge in [-0.25, -0.2) is 9.37 Å². The van der Waals surface area contributed by atoms with E-state index in [0.717, 1.165) is 46.7 Å². The van der Waals surface area contributed by atoms with Gasteiger partial charge in [-0.15, -0.1) is 0 Å². The molecule has 0 unspecified atom stereocenters. The summed E-state index contributed by atoms with van der Waals surface area (Å²) in [6.07, 6.45) is 3.00. The third kappa shape index (κ3) is 5.13. The molecule has 0 aliphatic carbocycles. The van der Waals surface area contributed by atoms with E-state index in [0.29, 0.717) is 11.9 Å². The Kier molecular flexibility index (Phi) is 6.37. The molecule has 1 aromatic heterocycles. The second kappa shape index (κ2) is 9.18. The zero-order valence-electron chi connectivity index (χ0n) is 18.0. The van der Waals surface area contributed by atoms with Crippen LogP contribution in [0.2, 0.25) is 0 Å². The number of anilines is 3. The molecular weight excluding hydrogens is 455 g/mol. The topological polar surface area (TPSA) is 41.1 Å². The summed E-state index contributed by atoms with van der Waals surface area (Å²) in [4.78, 5) is 11.5. The Bertz CT molecular complexity index is 1130. The molecule has 2 heterocycles. The molecule has 4 rings (SSSR count). The minimum Gasteiger partial charge on any atom is -0.352 e. The summed E-state index contributed by atoms with van der Waals surface area (Å²) < 4.78 is 14.5. The molecule has 0 saturated heterocycles. The molecular formula is C25H26BrFN4. The van der Waals surface area contributed by atoms with E-state index in [2.05, 4.69) is 69.3 Å². The van der Waals surface area contributed by atoms with Crippen LogP contribution in [-0.4, -0.2) is 23.1 Å². The maximum absolute atomic E-state index is 13.6. The number of nitrogens with zero attached hydrogens (tertiary/aromatic N) is 3. The van der Waals surface area contributed by atoms with Crippen LogP contribution in [0.3, 0.4) is 0 Å². The van der Waals surface area contributed by atoms with Crippen LogP contribution in [0.25, 0.3) is 5.57 Å². The van der Waals surface area contributed by atoms with E-state index < -0.39 is 0 Å². The lowest BCUT2D eigenvalue weighted by atomic mass is 9.99. The normalized spacial score (nSPS) is 14.0. The summed E-state index contributed by atoms with van der Waals surface area (Å²) >= 11 is 3.66. The van der Waals surface area contributed by atoms with Gasteiger partial charge < -0.3 is 10.2 Å². The molecule has 31 heavy (non-hydrogen) atoms. The van der Waals surface area contributed by atoms with Crippen molar-refractivity contribution in [2.45, 2.75) is 33.1 Å². The summed E-state index contributed by atoms with van der Waals surface area (Å²) in [5, 5.41) is 3.35. The molecule has 0 fully saturated rings. The molecule has 6 heteroatoms. The molecule has 0 saturated carbocycles. The average Bonchev–Trinajstić information content (AvgIpc) is 2.75. The smallest absolute Gasteiger partial charge is 0.229 e. The highest BCUT2D eigenvalue weighted by Gasteiger charge is 2.16. The number of aromatic nitrogens is 2. The highest BCUT2D eigenvalue weighted by molar-refractivity contribution is 9.10. The molecule has 3 aromatic rings. The molecule has 160 valence electrons. The second-order valence-corrected chi connectivity index (χ2v) is 9.00. The Balaban J connectivity index is 1.52. The molecule has 2 aromatic carbocycles. The fourth-order valence-electron chi connectivity index (χ4n) is 3.71. The lowest BCUT2D eigenvalue weighted by Crippen LogP contribution is -2.29. The number of nitrogens with one attached hydrogen (secondary N) is 1. The first-order valence-corrected chi connectivity index (χ1v) is 11.3. The predicted octanol–water partition coefficient (Wildman–Crippen LogP) is 6.85. The quantitative estimate of drug-likeness (QED) is 0.433. The monoisotopic (exact) mass is 480 g/mol. The predicted molar refractivity (Wildman–Crippen MR) is 129 cm³/mol. The van der Waals surface area contributed by atoms with Crippen molar-refractivity contribution in [1.29, 1.82) is 0 Å². The Morgan fingerprint density at radius 2 is 1.94 bits per heavy atom. The van der Waals surface area contributed by atoms with Gasteiger partial charge >= 0.3 is 0 Å². The van der Waals surface area contributed by atoms with Gasteiger partial charge in [0.15, 0.2) is 0 Å². The van der Waals surface area contributed by atoms with Crippen LogP contribution in [0.1, 0.15) is 43.0 Å². The van der Waals surface area contributed by atoms with Gasteiger partial charge in [-0.2, -0.15) is 4.98 Å². The molecule has 4 nitrogen and oxygen atoms in total. The molecule has 0 atom stereocenters. The SMILES string of the molecule is Cc1cc(N2CC=C(c3cccc(F)c3)CC2)nc(Nc2ccc(C(C)C)cc2Br)n1. The van der Waals surface area contributed by atoms with Crippen LogP contribution < -0.4 is 10.2 Å².